The van der Waals surface area contributed by atoms with Gasteiger partial charge in [-0.25, -0.2) is 0 Å². The molecule has 8 rings (SSSR count). The van der Waals surface area contributed by atoms with Crippen LogP contribution in [0.25, 0.3) is 0 Å². The van der Waals surface area contributed by atoms with Gasteiger partial charge >= 0.3 is 5.97 Å². The van der Waals surface area contributed by atoms with Gasteiger partial charge in [-0.15, -0.1) is 0 Å². The first-order chi connectivity index (χ1) is 31.6. The minimum atomic E-state index is -1.74. The summed E-state index contributed by atoms with van der Waals surface area (Å²) >= 11 is 0. The molecule has 0 amide bonds. The number of methoxy groups -OCH3 is 3. The van der Waals surface area contributed by atoms with Gasteiger partial charge in [0.05, 0.1) is 55.4 Å². The predicted molar refractivity (Wildman–Crippen MR) is 241 cm³/mol. The molecule has 6 aliphatic heterocycles. The molecule has 6 heterocycles. The molecule has 6 fully saturated rings. The number of carbonyl (C=O) groups is 1. The van der Waals surface area contributed by atoms with E-state index in [0.29, 0.717) is 37.2 Å². The summed E-state index contributed by atoms with van der Waals surface area (Å²) < 4.78 is 70.4. The van der Waals surface area contributed by atoms with Gasteiger partial charge in [0, 0.05) is 65.3 Å². The second-order valence-corrected chi connectivity index (χ2v) is 20.7. The lowest BCUT2D eigenvalue weighted by molar-refractivity contribution is -0.355. The van der Waals surface area contributed by atoms with Gasteiger partial charge in [0.15, 0.2) is 18.4 Å². The van der Waals surface area contributed by atoms with E-state index in [2.05, 4.69) is 19.9 Å². The third kappa shape index (κ3) is 10.2. The first kappa shape index (κ1) is 50.3. The molecule has 66 heavy (non-hydrogen) atoms. The van der Waals surface area contributed by atoms with Gasteiger partial charge in [0.2, 0.25) is 0 Å². The minimum absolute atomic E-state index is 0.0720. The third-order valence-corrected chi connectivity index (χ3v) is 16.2. The molecule has 3 N–H and O–H groups in total. The zero-order chi connectivity index (χ0) is 47.1. The average molecular weight is 931 g/mol. The second kappa shape index (κ2) is 21.1. The number of fused-ring (bicyclic) bond motifs is 2. The molecular weight excluding hydrogens is 853 g/mol. The lowest BCUT2D eigenvalue weighted by Gasteiger charge is -2.53. The van der Waals surface area contributed by atoms with Crippen LogP contribution < -0.4 is 0 Å². The molecule has 0 unspecified atom stereocenters. The van der Waals surface area contributed by atoms with E-state index in [1.807, 2.05) is 39.0 Å². The van der Waals surface area contributed by atoms with E-state index in [0.717, 1.165) is 36.8 Å². The number of aliphatic hydroxyl groups excluding tert-OH is 2. The summed E-state index contributed by atoms with van der Waals surface area (Å²) in [5.74, 6) is -2.74. The van der Waals surface area contributed by atoms with Crippen molar-refractivity contribution in [3.8, 4) is 0 Å². The molecule has 15 nitrogen and oxygen atoms in total. The summed E-state index contributed by atoms with van der Waals surface area (Å²) in [6.45, 7) is 11.9. The van der Waals surface area contributed by atoms with Crippen LogP contribution in [0.1, 0.15) is 112 Å². The van der Waals surface area contributed by atoms with E-state index in [1.165, 1.54) is 6.42 Å². The van der Waals surface area contributed by atoms with Gasteiger partial charge in [0.1, 0.15) is 42.0 Å². The van der Waals surface area contributed by atoms with Crippen LogP contribution >= 0.6 is 0 Å². The maximum atomic E-state index is 14.6. The summed E-state index contributed by atoms with van der Waals surface area (Å²) in [5.41, 5.74) is 0.548. The highest BCUT2D eigenvalue weighted by atomic mass is 16.7. The van der Waals surface area contributed by atoms with Crippen LogP contribution in [0.15, 0.2) is 47.1 Å². The van der Waals surface area contributed by atoms with Crippen LogP contribution in [-0.4, -0.2) is 153 Å². The van der Waals surface area contributed by atoms with Crippen LogP contribution in [0, 0.1) is 23.7 Å². The molecular formula is C51H78O15. The van der Waals surface area contributed by atoms with E-state index in [1.54, 1.807) is 34.3 Å². The van der Waals surface area contributed by atoms with Crippen molar-refractivity contribution >= 4 is 5.97 Å². The third-order valence-electron chi connectivity index (χ3n) is 16.2. The Kier molecular flexibility index (Phi) is 16.1. The first-order valence-corrected chi connectivity index (χ1v) is 24.8. The number of aliphatic hydroxyl groups is 3. The zero-order valence-electron chi connectivity index (χ0n) is 40.6. The van der Waals surface area contributed by atoms with Crippen molar-refractivity contribution in [3.05, 3.63) is 47.1 Å². The average Bonchev–Trinajstić information content (AvgIpc) is 3.63. The van der Waals surface area contributed by atoms with E-state index in [9.17, 15) is 20.1 Å². The van der Waals surface area contributed by atoms with Crippen molar-refractivity contribution in [2.75, 3.05) is 27.9 Å². The van der Waals surface area contributed by atoms with Crippen molar-refractivity contribution in [2.24, 2.45) is 23.7 Å². The molecule has 15 heteroatoms. The molecule has 0 aromatic heterocycles. The standard InChI is InChI=1S/C51H78O15/c1-27-14-13-17-34-26-59-48-45(58-9)29(3)20-37(51(34,48)55)49(54)62-36-21-35(65-50(24-36)25-38(52)30(4)46(66-50)33-15-11-10-12-16-33)19-18-28(2)44(27)63-42-23-40(57-8)47(32(6)61-42)64-41-22-39(56-7)43(53)31(5)60-41/h13-14,17-18,20,27,30-33,35-48,52-53,55H,10-12,15-16,19,21-26H2,1-9H3/b14-13+,28-18+,34-17+/t27-,30-,31-,32-,35+,36-,37-,38-,39-,40-,41-,42-,43-,44-,45+,46-,47-,48+,50-,51+/m0/s1. The number of allylic oxidation sites excluding steroid dienone is 2. The zero-order valence-corrected chi connectivity index (χ0v) is 40.6. The number of carbonyl (C=O) groups excluding carboxylic acids is 1. The van der Waals surface area contributed by atoms with Crippen molar-refractivity contribution in [2.45, 2.75) is 215 Å². The Balaban J connectivity index is 1.09. The van der Waals surface area contributed by atoms with E-state index in [-0.39, 0.29) is 43.5 Å². The van der Waals surface area contributed by atoms with Crippen LogP contribution in [-0.2, 0) is 56.9 Å². The molecule has 372 valence electrons. The van der Waals surface area contributed by atoms with E-state index >= 15 is 0 Å². The fraction of sp³-hybridized carbons (Fsp3) is 0.824. The Morgan fingerprint density at radius 1 is 0.788 bits per heavy atom. The summed E-state index contributed by atoms with van der Waals surface area (Å²) in [7, 11) is 4.81. The highest BCUT2D eigenvalue weighted by Gasteiger charge is 2.61. The Labute approximate surface area is 391 Å². The fourth-order valence-corrected chi connectivity index (χ4v) is 12.4. The lowest BCUT2D eigenvalue weighted by atomic mass is 9.70. The monoisotopic (exact) mass is 931 g/mol. The maximum absolute atomic E-state index is 14.6. The largest absolute Gasteiger partial charge is 0.462 e. The second-order valence-electron chi connectivity index (χ2n) is 20.7. The Bertz CT molecular complexity index is 1790. The number of rotatable bonds is 8. The minimum Gasteiger partial charge on any atom is -0.462 e. The molecule has 8 aliphatic rings. The molecule has 0 radical (unpaired) electrons. The molecule has 1 spiro atoms. The smallest absolute Gasteiger partial charge is 0.316 e. The van der Waals surface area contributed by atoms with E-state index < -0.39 is 103 Å². The topological polar surface area (TPSA) is 179 Å². The number of ether oxygens (including phenoxy) is 11. The van der Waals surface area contributed by atoms with Gasteiger partial charge in [-0.1, -0.05) is 63.5 Å². The van der Waals surface area contributed by atoms with Gasteiger partial charge < -0.3 is 67.4 Å². The predicted octanol–water partition coefficient (Wildman–Crippen LogP) is 5.76. The molecule has 20 atom stereocenters. The molecule has 1 saturated carbocycles. The van der Waals surface area contributed by atoms with Crippen LogP contribution in [0.3, 0.4) is 0 Å². The summed E-state index contributed by atoms with van der Waals surface area (Å²) in [4.78, 5) is 14.6. The van der Waals surface area contributed by atoms with Crippen molar-refractivity contribution in [1.82, 2.24) is 0 Å². The normalized spacial score (nSPS) is 49.5. The summed E-state index contributed by atoms with van der Waals surface area (Å²) in [6.07, 6.45) is 9.39. The fourth-order valence-electron chi connectivity index (χ4n) is 12.4. The summed E-state index contributed by atoms with van der Waals surface area (Å²) in [5, 5.41) is 35.0. The Hall–Kier alpha value is -2.09. The molecule has 0 aromatic carbocycles. The number of hydrogen-bond acceptors (Lipinski definition) is 15. The van der Waals surface area contributed by atoms with Gasteiger partial charge in [0.25, 0.3) is 0 Å². The Morgan fingerprint density at radius 3 is 2.23 bits per heavy atom. The first-order valence-electron chi connectivity index (χ1n) is 24.8. The van der Waals surface area contributed by atoms with Crippen LogP contribution in [0.4, 0.5) is 0 Å². The molecule has 0 aromatic rings. The lowest BCUT2D eigenvalue weighted by Crippen LogP contribution is -2.60. The quantitative estimate of drug-likeness (QED) is 0.198. The van der Waals surface area contributed by atoms with Crippen molar-refractivity contribution < 1.29 is 72.2 Å². The SMILES string of the molecule is CO[C@H]1C[C@H](O[C@H]2[C@H](C)O[C@@H](O[C@@H]3/C(C)=C/C[C@@H]4C[C@@H](C[C@]5(C[C@H](O)[C@H](C)[C@@H](C6CCCCC6)O5)O4)OC(=O)[C@@H]4C=C(C)[C@@H](OC)[C@H]5OC/C(=C\C=C\[C@@H]3C)[C@]54O)C[C@@H]2OC)O[C@@H](C)[C@@H]1O. The molecule has 5 saturated heterocycles. The van der Waals surface area contributed by atoms with Crippen molar-refractivity contribution in [1.29, 1.82) is 0 Å². The highest BCUT2D eigenvalue weighted by Crippen LogP contribution is 2.49. The molecule has 2 bridgehead atoms. The van der Waals surface area contributed by atoms with Crippen LogP contribution in [0.2, 0.25) is 0 Å². The number of esters is 1. The van der Waals surface area contributed by atoms with Crippen molar-refractivity contribution in [3.63, 3.8) is 0 Å². The highest BCUT2D eigenvalue weighted by molar-refractivity contribution is 5.78. The van der Waals surface area contributed by atoms with Crippen LogP contribution in [0.5, 0.6) is 0 Å². The maximum Gasteiger partial charge on any atom is 0.316 e. The Morgan fingerprint density at radius 2 is 1.50 bits per heavy atom. The van der Waals surface area contributed by atoms with Gasteiger partial charge in [-0.05, 0) is 69.6 Å². The van der Waals surface area contributed by atoms with E-state index in [4.69, 9.17) is 52.1 Å². The van der Waals surface area contributed by atoms with Gasteiger partial charge in [-0.2, -0.15) is 0 Å². The number of hydrogen-bond donors (Lipinski definition) is 3. The van der Waals surface area contributed by atoms with Gasteiger partial charge in [-0.3, -0.25) is 4.79 Å². The molecule has 2 aliphatic carbocycles. The summed E-state index contributed by atoms with van der Waals surface area (Å²) in [6, 6.07) is 0.